The van der Waals surface area contributed by atoms with Gasteiger partial charge in [0.2, 0.25) is 0 Å². The Hall–Kier alpha value is -0.930. The molecule has 0 aliphatic carbocycles. The first-order valence-electron chi connectivity index (χ1n) is 6.16. The van der Waals surface area contributed by atoms with Crippen molar-refractivity contribution in [1.82, 2.24) is 4.90 Å². The van der Waals surface area contributed by atoms with E-state index in [0.717, 1.165) is 24.9 Å². The van der Waals surface area contributed by atoms with Crippen molar-refractivity contribution in [2.45, 2.75) is 37.8 Å². The Labute approximate surface area is 102 Å². The van der Waals surface area contributed by atoms with Gasteiger partial charge in [0.05, 0.1) is 5.60 Å². The van der Waals surface area contributed by atoms with E-state index in [1.54, 1.807) is 6.07 Å². The van der Waals surface area contributed by atoms with Gasteiger partial charge in [0.25, 0.3) is 0 Å². The van der Waals surface area contributed by atoms with E-state index in [1.165, 1.54) is 12.1 Å². The number of hydrogen-bond donors (Lipinski definition) is 1. The predicted octanol–water partition coefficient (Wildman–Crippen LogP) is 2.21. The maximum absolute atomic E-state index is 13.1. The zero-order valence-electron chi connectivity index (χ0n) is 10.5. The summed E-state index contributed by atoms with van der Waals surface area (Å²) < 4.78 is 13.1. The fourth-order valence-corrected chi connectivity index (χ4v) is 2.60. The summed E-state index contributed by atoms with van der Waals surface area (Å²) in [5, 5.41) is 10.6. The number of likely N-dealkylation sites (tertiary alicyclic amines) is 1. The molecule has 1 fully saturated rings. The number of aliphatic hydroxyl groups is 1. The number of nitrogens with zero attached hydrogens (tertiary/aromatic N) is 1. The lowest BCUT2D eigenvalue weighted by Crippen LogP contribution is -2.48. The Morgan fingerprint density at radius 3 is 2.94 bits per heavy atom. The predicted molar refractivity (Wildman–Crippen MR) is 66.4 cm³/mol. The summed E-state index contributed by atoms with van der Waals surface area (Å²) in [6.07, 6.45) is 2.05. The van der Waals surface area contributed by atoms with E-state index in [0.29, 0.717) is 12.5 Å². The molecule has 1 aliphatic rings. The molecule has 0 saturated carbocycles. The van der Waals surface area contributed by atoms with Gasteiger partial charge in [0, 0.05) is 19.0 Å². The van der Waals surface area contributed by atoms with Crippen LogP contribution >= 0.6 is 0 Å². The molecule has 1 aliphatic heterocycles. The summed E-state index contributed by atoms with van der Waals surface area (Å²) >= 11 is 0. The van der Waals surface area contributed by atoms with Gasteiger partial charge in [-0.2, -0.15) is 0 Å². The number of piperidine rings is 1. The van der Waals surface area contributed by atoms with Gasteiger partial charge in [-0.05, 0) is 44.5 Å². The van der Waals surface area contributed by atoms with Gasteiger partial charge in [-0.25, -0.2) is 4.39 Å². The van der Waals surface area contributed by atoms with Crippen molar-refractivity contribution in [3.05, 3.63) is 35.6 Å². The highest BCUT2D eigenvalue weighted by molar-refractivity contribution is 5.19. The Morgan fingerprint density at radius 2 is 2.29 bits per heavy atom. The second-order valence-corrected chi connectivity index (χ2v) is 5.31. The zero-order valence-corrected chi connectivity index (χ0v) is 10.5. The third kappa shape index (κ3) is 3.05. The van der Waals surface area contributed by atoms with Crippen LogP contribution in [0.4, 0.5) is 4.39 Å². The lowest BCUT2D eigenvalue weighted by Gasteiger charge is -2.41. The van der Waals surface area contributed by atoms with Crippen LogP contribution in [0.25, 0.3) is 0 Å². The quantitative estimate of drug-likeness (QED) is 0.852. The molecule has 94 valence electrons. The number of rotatable bonds is 2. The largest absolute Gasteiger partial charge is 0.389 e. The summed E-state index contributed by atoms with van der Waals surface area (Å²) in [5.74, 6) is -0.230. The van der Waals surface area contributed by atoms with Crippen LogP contribution in [0.1, 0.15) is 25.3 Å². The molecule has 1 N–H and O–H groups in total. The lowest BCUT2D eigenvalue weighted by atomic mass is 9.82. The van der Waals surface area contributed by atoms with Crippen LogP contribution in [0.2, 0.25) is 0 Å². The van der Waals surface area contributed by atoms with E-state index in [4.69, 9.17) is 0 Å². The van der Waals surface area contributed by atoms with Crippen molar-refractivity contribution in [1.29, 1.82) is 0 Å². The molecular weight excluding hydrogens is 217 g/mol. The van der Waals surface area contributed by atoms with Gasteiger partial charge >= 0.3 is 0 Å². The van der Waals surface area contributed by atoms with Crippen molar-refractivity contribution in [2.24, 2.45) is 0 Å². The van der Waals surface area contributed by atoms with E-state index in [-0.39, 0.29) is 5.82 Å². The normalized spacial score (nSPS) is 30.5. The Bertz CT molecular complexity index is 396. The van der Waals surface area contributed by atoms with Crippen molar-refractivity contribution in [3.8, 4) is 0 Å². The Morgan fingerprint density at radius 1 is 1.53 bits per heavy atom. The van der Waals surface area contributed by atoms with Gasteiger partial charge in [-0.15, -0.1) is 0 Å². The van der Waals surface area contributed by atoms with Crippen molar-refractivity contribution < 1.29 is 9.50 Å². The maximum Gasteiger partial charge on any atom is 0.123 e. The molecular formula is C14H20FNO. The molecule has 1 aromatic rings. The molecule has 0 spiro atoms. The van der Waals surface area contributed by atoms with Crippen LogP contribution in [0.3, 0.4) is 0 Å². The lowest BCUT2D eigenvalue weighted by molar-refractivity contribution is -0.0353. The minimum absolute atomic E-state index is 0.230. The average molecular weight is 237 g/mol. The molecule has 1 saturated heterocycles. The first-order valence-corrected chi connectivity index (χ1v) is 6.16. The summed E-state index contributed by atoms with van der Waals surface area (Å²) in [4.78, 5) is 2.25. The Balaban J connectivity index is 2.07. The summed E-state index contributed by atoms with van der Waals surface area (Å²) in [6, 6.07) is 6.91. The monoisotopic (exact) mass is 237 g/mol. The average Bonchev–Trinajstić information content (AvgIpc) is 2.24. The van der Waals surface area contributed by atoms with E-state index in [1.807, 2.05) is 6.07 Å². The molecule has 2 atom stereocenters. The van der Waals surface area contributed by atoms with Gasteiger partial charge < -0.3 is 10.0 Å². The third-order valence-corrected chi connectivity index (χ3v) is 3.78. The second-order valence-electron chi connectivity index (χ2n) is 5.31. The van der Waals surface area contributed by atoms with E-state index >= 15 is 0 Å². The van der Waals surface area contributed by atoms with E-state index in [2.05, 4.69) is 18.9 Å². The van der Waals surface area contributed by atoms with Crippen LogP contribution in [-0.2, 0) is 6.42 Å². The first-order chi connectivity index (χ1) is 7.98. The SMILES string of the molecule is CC1CC(O)(Cc2cccc(F)c2)CCN1C. The highest BCUT2D eigenvalue weighted by atomic mass is 19.1. The van der Waals surface area contributed by atoms with E-state index in [9.17, 15) is 9.50 Å². The van der Waals surface area contributed by atoms with Crippen LogP contribution in [-0.4, -0.2) is 35.2 Å². The van der Waals surface area contributed by atoms with Gasteiger partial charge in [-0.1, -0.05) is 12.1 Å². The number of benzene rings is 1. The van der Waals surface area contributed by atoms with Gasteiger partial charge in [0.15, 0.2) is 0 Å². The fraction of sp³-hybridized carbons (Fsp3) is 0.571. The standard InChI is InChI=1S/C14H20FNO/c1-11-9-14(17,6-7-16(11)2)10-12-4-3-5-13(15)8-12/h3-5,8,11,17H,6-7,9-10H2,1-2H3. The first kappa shape index (κ1) is 12.5. The highest BCUT2D eigenvalue weighted by Gasteiger charge is 2.35. The zero-order chi connectivity index (χ0) is 12.5. The minimum Gasteiger partial charge on any atom is -0.389 e. The van der Waals surface area contributed by atoms with Gasteiger partial charge in [0.1, 0.15) is 5.82 Å². The second kappa shape index (κ2) is 4.75. The van der Waals surface area contributed by atoms with Crippen LogP contribution in [0.5, 0.6) is 0 Å². The van der Waals surface area contributed by atoms with Crippen molar-refractivity contribution >= 4 is 0 Å². The number of halogens is 1. The van der Waals surface area contributed by atoms with Crippen LogP contribution in [0, 0.1) is 5.82 Å². The molecule has 17 heavy (non-hydrogen) atoms. The summed E-state index contributed by atoms with van der Waals surface area (Å²) in [7, 11) is 2.08. The van der Waals surface area contributed by atoms with Crippen molar-refractivity contribution in [3.63, 3.8) is 0 Å². The molecule has 0 amide bonds. The third-order valence-electron chi connectivity index (χ3n) is 3.78. The Kier molecular flexibility index (Phi) is 3.50. The van der Waals surface area contributed by atoms with Gasteiger partial charge in [-0.3, -0.25) is 0 Å². The highest BCUT2D eigenvalue weighted by Crippen LogP contribution is 2.29. The van der Waals surface area contributed by atoms with E-state index < -0.39 is 5.60 Å². The molecule has 2 nitrogen and oxygen atoms in total. The molecule has 2 rings (SSSR count). The molecule has 1 aromatic carbocycles. The molecule has 0 bridgehead atoms. The summed E-state index contributed by atoms with van der Waals surface area (Å²) in [5.41, 5.74) is 0.198. The smallest absolute Gasteiger partial charge is 0.123 e. The van der Waals surface area contributed by atoms with Crippen LogP contribution in [0.15, 0.2) is 24.3 Å². The molecule has 3 heteroatoms. The molecule has 2 unspecified atom stereocenters. The summed E-state index contributed by atoms with van der Waals surface area (Å²) in [6.45, 7) is 3.02. The topological polar surface area (TPSA) is 23.5 Å². The molecule has 0 radical (unpaired) electrons. The molecule has 0 aromatic heterocycles. The number of hydrogen-bond acceptors (Lipinski definition) is 2. The van der Waals surface area contributed by atoms with Crippen LogP contribution < -0.4 is 0 Å². The fourth-order valence-electron chi connectivity index (χ4n) is 2.60. The minimum atomic E-state index is -0.681. The maximum atomic E-state index is 13.1. The molecule has 1 heterocycles. The van der Waals surface area contributed by atoms with Crippen molar-refractivity contribution in [2.75, 3.05) is 13.6 Å².